The number of phosphoric ester groups is 1. The van der Waals surface area contributed by atoms with Crippen LogP contribution in [0.3, 0.4) is 0 Å². The third-order valence-electron chi connectivity index (χ3n) is 6.17. The monoisotopic (exact) mass is 697 g/mol. The summed E-state index contributed by atoms with van der Waals surface area (Å²) in [4.78, 5) is 63.1. The first-order valence-electron chi connectivity index (χ1n) is 12.9. The van der Waals surface area contributed by atoms with Crippen LogP contribution in [0.5, 0.6) is 0 Å². The number of hydrogen-bond donors (Lipinski definition) is 9. The zero-order valence-electron chi connectivity index (χ0n) is 23.2. The molecule has 0 spiro atoms. The van der Waals surface area contributed by atoms with Gasteiger partial charge in [-0.2, -0.15) is 13.6 Å². The van der Waals surface area contributed by atoms with Gasteiger partial charge in [-0.1, -0.05) is 19.1 Å². The number of carbonyl (C=O) groups excluding carboxylic acids is 1. The van der Waals surface area contributed by atoms with E-state index in [1.165, 1.54) is 0 Å². The van der Waals surface area contributed by atoms with E-state index in [0.717, 1.165) is 10.9 Å². The smallest absolute Gasteiger partial charge is 0.387 e. The van der Waals surface area contributed by atoms with Gasteiger partial charge in [-0.15, -0.1) is 0 Å². The number of nitrogen functional groups attached to an aromatic ring is 1. The van der Waals surface area contributed by atoms with Crippen molar-refractivity contribution in [3.05, 3.63) is 46.5 Å². The number of amides is 1. The van der Waals surface area contributed by atoms with Crippen LogP contribution in [0.25, 0.3) is 11.2 Å². The second-order valence-electron chi connectivity index (χ2n) is 9.49. The van der Waals surface area contributed by atoms with Crippen LogP contribution >= 0.6 is 23.4 Å². The molecule has 1 aromatic carbocycles. The van der Waals surface area contributed by atoms with E-state index < -0.39 is 60.1 Å². The highest BCUT2D eigenvalue weighted by atomic mass is 31.3. The standard InChI is InChI=1S/C21H30N7O14P3/c1-2-14(29)25-12-5-3-11(4-6-12)7-8-24-43(33,34)41-45(37,38)42-44(35,36)39-9-13-16(30)17(31)20(40-13)28-10-23-15-18(28)26-21(22)27-19(15)32/h3-6,10,13,16-17,20,30-31H,2,7-9H2,1H3,(H,25,29)(H,35,36)(H,37,38)(H2,24,33,34)(H3,22,26,27,32)/t13-,16-,17-,20-/m1/s1. The van der Waals surface area contributed by atoms with Crippen molar-refractivity contribution < 1.29 is 61.3 Å². The first-order valence-corrected chi connectivity index (χ1v) is 17.5. The van der Waals surface area contributed by atoms with Crippen LogP contribution in [0.4, 0.5) is 11.6 Å². The Hall–Kier alpha value is -2.87. The van der Waals surface area contributed by atoms with Gasteiger partial charge in [0, 0.05) is 18.7 Å². The van der Waals surface area contributed by atoms with Crippen LogP contribution in [-0.2, 0) is 42.8 Å². The summed E-state index contributed by atoms with van der Waals surface area (Å²) in [6.07, 6.45) is -4.91. The molecule has 0 aliphatic carbocycles. The second kappa shape index (κ2) is 13.9. The van der Waals surface area contributed by atoms with Crippen LogP contribution in [0.1, 0.15) is 25.1 Å². The molecule has 21 nitrogen and oxygen atoms in total. The molecule has 7 atom stereocenters. The Bertz CT molecular complexity index is 1730. The Morgan fingerprint density at radius 2 is 1.80 bits per heavy atom. The average Bonchev–Trinajstić information content (AvgIpc) is 3.47. The van der Waals surface area contributed by atoms with Crippen LogP contribution in [0.2, 0.25) is 0 Å². The van der Waals surface area contributed by atoms with E-state index >= 15 is 0 Å². The van der Waals surface area contributed by atoms with Crippen LogP contribution in [0, 0.1) is 0 Å². The fourth-order valence-corrected chi connectivity index (χ4v) is 7.78. The third-order valence-corrected chi connectivity index (χ3v) is 10.6. The summed E-state index contributed by atoms with van der Waals surface area (Å²) in [5.41, 5.74) is 5.78. The zero-order valence-corrected chi connectivity index (χ0v) is 25.9. The number of benzene rings is 1. The van der Waals surface area contributed by atoms with E-state index in [2.05, 4.69) is 33.4 Å². The zero-order chi connectivity index (χ0) is 33.2. The maximum atomic E-state index is 12.3. The van der Waals surface area contributed by atoms with Gasteiger partial charge in [-0.05, 0) is 24.1 Å². The Morgan fingerprint density at radius 1 is 1.11 bits per heavy atom. The number of imidazole rings is 1. The van der Waals surface area contributed by atoms with E-state index in [0.29, 0.717) is 17.7 Å². The topological polar surface area (TPSA) is 320 Å². The molecule has 3 aromatic rings. The highest BCUT2D eigenvalue weighted by Gasteiger charge is 2.47. The van der Waals surface area contributed by atoms with Crippen molar-refractivity contribution in [1.82, 2.24) is 24.6 Å². The Balaban J connectivity index is 1.29. The van der Waals surface area contributed by atoms with Gasteiger partial charge in [-0.25, -0.2) is 23.8 Å². The fourth-order valence-electron chi connectivity index (χ4n) is 4.08. The quantitative estimate of drug-likeness (QED) is 0.0989. The summed E-state index contributed by atoms with van der Waals surface area (Å²) < 4.78 is 56.2. The molecular weight excluding hydrogens is 667 g/mol. The van der Waals surface area contributed by atoms with Crippen molar-refractivity contribution in [2.24, 2.45) is 0 Å². The molecule has 1 fully saturated rings. The summed E-state index contributed by atoms with van der Waals surface area (Å²) in [6, 6.07) is 6.48. The van der Waals surface area contributed by atoms with E-state index in [1.54, 1.807) is 31.2 Å². The summed E-state index contributed by atoms with van der Waals surface area (Å²) in [6.45, 7) is 0.449. The fraction of sp³-hybridized carbons (Fsp3) is 0.429. The summed E-state index contributed by atoms with van der Waals surface area (Å²) in [7, 11) is -16.3. The predicted molar refractivity (Wildman–Crippen MR) is 153 cm³/mol. The highest BCUT2D eigenvalue weighted by Crippen LogP contribution is 2.66. The van der Waals surface area contributed by atoms with Gasteiger partial charge in [-0.3, -0.25) is 23.7 Å². The lowest BCUT2D eigenvalue weighted by Gasteiger charge is -2.20. The lowest BCUT2D eigenvalue weighted by atomic mass is 10.1. The molecular formula is C21H30N7O14P3. The molecule has 24 heteroatoms. The average molecular weight is 697 g/mol. The first-order chi connectivity index (χ1) is 21.0. The molecule has 0 bridgehead atoms. The van der Waals surface area contributed by atoms with Gasteiger partial charge in [0.15, 0.2) is 17.4 Å². The minimum Gasteiger partial charge on any atom is -0.387 e. The van der Waals surface area contributed by atoms with E-state index in [1.807, 2.05) is 5.09 Å². The van der Waals surface area contributed by atoms with Gasteiger partial charge < -0.3 is 40.7 Å². The summed E-state index contributed by atoms with van der Waals surface area (Å²) in [5.74, 6) is -0.458. The highest BCUT2D eigenvalue weighted by molar-refractivity contribution is 7.67. The number of hydrogen-bond acceptors (Lipinski definition) is 14. The number of aliphatic hydroxyl groups is 2. The maximum absolute atomic E-state index is 12.3. The molecule has 2 aromatic heterocycles. The number of nitrogens with zero attached hydrogens (tertiary/aromatic N) is 3. The van der Waals surface area contributed by atoms with Crippen molar-refractivity contribution in [3.8, 4) is 0 Å². The number of carbonyl (C=O) groups is 1. The number of anilines is 2. The van der Waals surface area contributed by atoms with Gasteiger partial charge in [0.2, 0.25) is 11.9 Å². The lowest BCUT2D eigenvalue weighted by Crippen LogP contribution is -2.33. The number of H-pyrrole nitrogens is 1. The normalized spacial score (nSPS) is 24.1. The Morgan fingerprint density at radius 3 is 2.47 bits per heavy atom. The SMILES string of the molecule is CCC(=O)Nc1ccc(CCNP(=O)(O)OP(=O)(O)OP(=O)(O)OC[C@H]2O[C@@H](n3cnc4c(=O)[nH]c(N)nc43)[C@H](O)[C@@H]2O)cc1. The van der Waals surface area contributed by atoms with E-state index in [4.69, 9.17) is 10.5 Å². The van der Waals surface area contributed by atoms with E-state index in [9.17, 15) is 48.2 Å². The van der Waals surface area contributed by atoms with Gasteiger partial charge >= 0.3 is 23.4 Å². The molecule has 45 heavy (non-hydrogen) atoms. The molecule has 1 aliphatic rings. The first kappa shape index (κ1) is 35.0. The molecule has 3 heterocycles. The molecule has 3 unspecified atom stereocenters. The number of nitrogens with one attached hydrogen (secondary N) is 3. The molecule has 4 rings (SSSR count). The van der Waals surface area contributed by atoms with Crippen LogP contribution in [0.15, 0.2) is 35.4 Å². The number of aliphatic hydroxyl groups excluding tert-OH is 2. The second-order valence-corrected chi connectivity index (χ2v) is 14.3. The number of rotatable bonds is 14. The number of aromatic amines is 1. The largest absolute Gasteiger partial charge is 0.489 e. The van der Waals surface area contributed by atoms with Crippen LogP contribution in [-0.4, -0.2) is 81.8 Å². The molecule has 1 amide bonds. The van der Waals surface area contributed by atoms with Crippen molar-refractivity contribution in [2.75, 3.05) is 24.2 Å². The Kier molecular flexibility index (Phi) is 10.8. The van der Waals surface area contributed by atoms with E-state index in [-0.39, 0.29) is 36.0 Å². The molecule has 248 valence electrons. The van der Waals surface area contributed by atoms with Crippen molar-refractivity contribution >= 4 is 52.1 Å². The molecule has 1 aliphatic heterocycles. The number of phosphoric acid groups is 2. The molecule has 1 saturated heterocycles. The van der Waals surface area contributed by atoms with Crippen molar-refractivity contribution in [1.29, 1.82) is 0 Å². The van der Waals surface area contributed by atoms with Gasteiger partial charge in [0.25, 0.3) is 5.56 Å². The number of aromatic nitrogens is 4. The minimum absolute atomic E-state index is 0.110. The lowest BCUT2D eigenvalue weighted by molar-refractivity contribution is -0.115. The van der Waals surface area contributed by atoms with Crippen molar-refractivity contribution in [2.45, 2.75) is 44.3 Å². The number of fused-ring (bicyclic) bond motifs is 1. The molecule has 0 saturated carbocycles. The summed E-state index contributed by atoms with van der Waals surface area (Å²) >= 11 is 0. The Labute approximate surface area is 253 Å². The third kappa shape index (κ3) is 9.11. The maximum Gasteiger partial charge on any atom is 0.489 e. The van der Waals surface area contributed by atoms with Crippen LogP contribution < -0.4 is 21.7 Å². The van der Waals surface area contributed by atoms with Gasteiger partial charge in [0.05, 0.1) is 12.9 Å². The number of nitrogens with two attached hydrogens (primary N) is 1. The predicted octanol–water partition coefficient (Wildman–Crippen LogP) is -0.147. The number of ether oxygens (including phenoxy) is 1. The minimum atomic E-state index is -5.72. The van der Waals surface area contributed by atoms with Gasteiger partial charge in [0.1, 0.15) is 18.3 Å². The molecule has 10 N–H and O–H groups in total. The molecule has 0 radical (unpaired) electrons. The summed E-state index contributed by atoms with van der Waals surface area (Å²) in [5, 5.41) is 25.5. The van der Waals surface area contributed by atoms with Crippen molar-refractivity contribution in [3.63, 3.8) is 0 Å².